The molecule has 0 atom stereocenters. The number of nitrogens with zero attached hydrogens (tertiary/aromatic N) is 4. The molecule has 0 fully saturated rings. The van der Waals surface area contributed by atoms with E-state index in [4.69, 9.17) is 0 Å². The van der Waals surface area contributed by atoms with Crippen molar-refractivity contribution in [3.63, 3.8) is 0 Å². The third kappa shape index (κ3) is 1.57. The summed E-state index contributed by atoms with van der Waals surface area (Å²) in [4.78, 5) is 0. The van der Waals surface area contributed by atoms with Crippen LogP contribution < -0.4 is 5.43 Å². The molecule has 0 aromatic rings. The van der Waals surface area contributed by atoms with Crippen LogP contribution in [0.5, 0.6) is 0 Å². The van der Waals surface area contributed by atoms with Gasteiger partial charge in [0.1, 0.15) is 6.67 Å². The highest BCUT2D eigenvalue weighted by atomic mass is 15.7. The Morgan fingerprint density at radius 2 is 2.00 bits per heavy atom. The second kappa shape index (κ2) is 2.23. The van der Waals surface area contributed by atoms with Gasteiger partial charge in [0.15, 0.2) is 5.84 Å². The predicted molar refractivity (Wildman–Crippen MR) is 35.6 cm³/mol. The molecular formula is C5H11N4. The SMILES string of the molecule is CC1=NN(C)CN(C)[N]1. The van der Waals surface area contributed by atoms with Crippen LogP contribution in [0.1, 0.15) is 6.92 Å². The van der Waals surface area contributed by atoms with Gasteiger partial charge >= 0.3 is 0 Å². The smallest absolute Gasteiger partial charge is 0.159 e. The van der Waals surface area contributed by atoms with Crippen molar-refractivity contribution in [2.45, 2.75) is 6.92 Å². The molecule has 0 bridgehead atoms. The van der Waals surface area contributed by atoms with E-state index in [1.54, 1.807) is 0 Å². The van der Waals surface area contributed by atoms with Crippen molar-refractivity contribution in [2.24, 2.45) is 5.10 Å². The molecule has 1 aliphatic rings. The van der Waals surface area contributed by atoms with Crippen LogP contribution in [-0.2, 0) is 0 Å². The molecule has 1 heterocycles. The molecule has 9 heavy (non-hydrogen) atoms. The van der Waals surface area contributed by atoms with Crippen molar-refractivity contribution >= 4 is 5.84 Å². The van der Waals surface area contributed by atoms with Gasteiger partial charge in [0.05, 0.1) is 0 Å². The minimum atomic E-state index is 0.775. The lowest BCUT2D eigenvalue weighted by atomic mass is 10.7. The lowest BCUT2D eigenvalue weighted by Gasteiger charge is -2.26. The fraction of sp³-hybridized carbons (Fsp3) is 0.800. The largest absolute Gasteiger partial charge is 0.282 e. The van der Waals surface area contributed by atoms with E-state index in [-0.39, 0.29) is 0 Å². The zero-order valence-corrected chi connectivity index (χ0v) is 6.00. The van der Waals surface area contributed by atoms with E-state index < -0.39 is 0 Å². The summed E-state index contributed by atoms with van der Waals surface area (Å²) >= 11 is 0. The predicted octanol–water partition coefficient (Wildman–Crippen LogP) is -0.326. The Labute approximate surface area is 55.1 Å². The number of hydrogen-bond acceptors (Lipinski definition) is 3. The fourth-order valence-corrected chi connectivity index (χ4v) is 0.874. The summed E-state index contributed by atoms with van der Waals surface area (Å²) in [7, 11) is 3.85. The van der Waals surface area contributed by atoms with Crippen molar-refractivity contribution in [2.75, 3.05) is 20.8 Å². The molecular weight excluding hydrogens is 116 g/mol. The van der Waals surface area contributed by atoms with Crippen LogP contribution in [0.15, 0.2) is 5.10 Å². The first-order valence-corrected chi connectivity index (χ1v) is 2.87. The van der Waals surface area contributed by atoms with Crippen LogP contribution in [-0.4, -0.2) is 36.6 Å². The lowest BCUT2D eigenvalue weighted by molar-refractivity contribution is 0.136. The van der Waals surface area contributed by atoms with Gasteiger partial charge in [-0.3, -0.25) is 5.01 Å². The number of hydrazone groups is 1. The van der Waals surface area contributed by atoms with Crippen molar-refractivity contribution in [1.82, 2.24) is 15.4 Å². The van der Waals surface area contributed by atoms with Gasteiger partial charge in [0.25, 0.3) is 0 Å². The van der Waals surface area contributed by atoms with Gasteiger partial charge < -0.3 is 0 Å². The van der Waals surface area contributed by atoms with Crippen molar-refractivity contribution in [3.05, 3.63) is 0 Å². The second-order valence-corrected chi connectivity index (χ2v) is 2.20. The summed E-state index contributed by atoms with van der Waals surface area (Å²) in [5.74, 6) is 0.811. The molecule has 0 N–H and O–H groups in total. The summed E-state index contributed by atoms with van der Waals surface area (Å²) in [5, 5.41) is 7.77. The van der Waals surface area contributed by atoms with Crippen molar-refractivity contribution in [3.8, 4) is 0 Å². The van der Waals surface area contributed by atoms with Gasteiger partial charge in [-0.2, -0.15) is 15.5 Å². The Morgan fingerprint density at radius 3 is 2.44 bits per heavy atom. The zero-order valence-electron chi connectivity index (χ0n) is 6.00. The molecule has 1 radical (unpaired) electrons. The summed E-state index contributed by atoms with van der Waals surface area (Å²) in [6.45, 7) is 2.66. The monoisotopic (exact) mass is 127 g/mol. The Balaban J connectivity index is 2.56. The first-order chi connectivity index (χ1) is 4.18. The van der Waals surface area contributed by atoms with Gasteiger partial charge in [-0.15, -0.1) is 0 Å². The molecule has 4 heteroatoms. The molecule has 0 aromatic heterocycles. The summed E-state index contributed by atoms with van der Waals surface area (Å²) in [5.41, 5.74) is 4.07. The van der Waals surface area contributed by atoms with E-state index in [1.807, 2.05) is 31.0 Å². The van der Waals surface area contributed by atoms with E-state index in [0.717, 1.165) is 12.5 Å². The highest BCUT2D eigenvalue weighted by molar-refractivity contribution is 5.78. The molecule has 0 saturated carbocycles. The molecule has 0 aromatic carbocycles. The Kier molecular flexibility index (Phi) is 1.57. The molecule has 0 spiro atoms. The molecule has 1 rings (SSSR count). The molecule has 0 saturated heterocycles. The standard InChI is InChI=1S/C5H11N4/c1-5-6-8(2)4-9(3)7-5/h4H2,1-3H3. The Bertz CT molecular complexity index is 131. The third-order valence-corrected chi connectivity index (χ3v) is 1.04. The van der Waals surface area contributed by atoms with Gasteiger partial charge in [-0.1, -0.05) is 0 Å². The first kappa shape index (κ1) is 6.35. The number of rotatable bonds is 0. The van der Waals surface area contributed by atoms with E-state index in [1.165, 1.54) is 0 Å². The first-order valence-electron chi connectivity index (χ1n) is 2.87. The van der Waals surface area contributed by atoms with Gasteiger partial charge in [0.2, 0.25) is 0 Å². The van der Waals surface area contributed by atoms with Crippen LogP contribution in [0.2, 0.25) is 0 Å². The Morgan fingerprint density at radius 1 is 1.33 bits per heavy atom. The molecule has 1 aliphatic heterocycles. The maximum absolute atomic E-state index is 4.07. The molecule has 0 unspecified atom stereocenters. The molecule has 51 valence electrons. The van der Waals surface area contributed by atoms with Crippen molar-refractivity contribution < 1.29 is 0 Å². The average molecular weight is 127 g/mol. The summed E-state index contributed by atoms with van der Waals surface area (Å²) < 4.78 is 0. The minimum absolute atomic E-state index is 0.775. The fourth-order valence-electron chi connectivity index (χ4n) is 0.874. The van der Waals surface area contributed by atoms with E-state index in [2.05, 4.69) is 10.5 Å². The van der Waals surface area contributed by atoms with Crippen LogP contribution in [0, 0.1) is 0 Å². The Hall–Kier alpha value is -0.770. The van der Waals surface area contributed by atoms with Gasteiger partial charge in [-0.05, 0) is 6.92 Å². The average Bonchev–Trinajstić information content (AvgIpc) is 1.59. The minimum Gasteiger partial charge on any atom is -0.282 e. The quantitative estimate of drug-likeness (QED) is 0.446. The van der Waals surface area contributed by atoms with Crippen LogP contribution >= 0.6 is 0 Å². The van der Waals surface area contributed by atoms with Gasteiger partial charge in [-0.25, -0.2) is 0 Å². The maximum atomic E-state index is 4.07. The van der Waals surface area contributed by atoms with Crippen LogP contribution in [0.4, 0.5) is 0 Å². The number of hydrogen-bond donors (Lipinski definition) is 0. The maximum Gasteiger partial charge on any atom is 0.159 e. The lowest BCUT2D eigenvalue weighted by Crippen LogP contribution is -2.43. The molecule has 0 amide bonds. The zero-order chi connectivity index (χ0) is 6.85. The van der Waals surface area contributed by atoms with E-state index >= 15 is 0 Å². The van der Waals surface area contributed by atoms with Gasteiger partial charge in [0, 0.05) is 14.1 Å². The van der Waals surface area contributed by atoms with Crippen molar-refractivity contribution in [1.29, 1.82) is 0 Å². The summed E-state index contributed by atoms with van der Waals surface area (Å²) in [6.07, 6.45) is 0. The van der Waals surface area contributed by atoms with E-state index in [9.17, 15) is 0 Å². The number of amidine groups is 1. The molecule has 4 nitrogen and oxygen atoms in total. The van der Waals surface area contributed by atoms with Crippen LogP contribution in [0.25, 0.3) is 0 Å². The van der Waals surface area contributed by atoms with Crippen LogP contribution in [0.3, 0.4) is 0 Å². The molecule has 0 aliphatic carbocycles. The second-order valence-electron chi connectivity index (χ2n) is 2.20. The topological polar surface area (TPSA) is 32.9 Å². The third-order valence-electron chi connectivity index (χ3n) is 1.04. The normalized spacial score (nSPS) is 21.2. The van der Waals surface area contributed by atoms with E-state index in [0.29, 0.717) is 0 Å². The highest BCUT2D eigenvalue weighted by Crippen LogP contribution is 1.94. The highest BCUT2D eigenvalue weighted by Gasteiger charge is 2.09. The summed E-state index contributed by atoms with van der Waals surface area (Å²) in [6, 6.07) is 0.